The normalized spacial score (nSPS) is 17.0. The van der Waals surface area contributed by atoms with E-state index in [9.17, 15) is 13.2 Å². The van der Waals surface area contributed by atoms with Gasteiger partial charge in [0.1, 0.15) is 0 Å². The lowest BCUT2D eigenvalue weighted by molar-refractivity contribution is -0.163. The van der Waals surface area contributed by atoms with Crippen molar-refractivity contribution in [1.29, 1.82) is 0 Å². The average Bonchev–Trinajstić information content (AvgIpc) is 2.75. The first-order valence-corrected chi connectivity index (χ1v) is 11.3. The van der Waals surface area contributed by atoms with Crippen molar-refractivity contribution in [3.05, 3.63) is 66.2 Å². The Hall–Kier alpha value is -2.22. The zero-order valence-corrected chi connectivity index (χ0v) is 17.4. The summed E-state index contributed by atoms with van der Waals surface area (Å²) in [4.78, 5) is 13.0. The smallest absolute Gasteiger partial charge is 0.314 e. The molecule has 0 unspecified atom stereocenters. The minimum absolute atomic E-state index is 0.208. The van der Waals surface area contributed by atoms with Gasteiger partial charge in [0.25, 0.3) is 0 Å². The molecule has 0 spiro atoms. The van der Waals surface area contributed by atoms with Crippen molar-refractivity contribution in [1.82, 2.24) is 4.31 Å². The fourth-order valence-corrected chi connectivity index (χ4v) is 4.99. The van der Waals surface area contributed by atoms with Crippen LogP contribution in [0.4, 0.5) is 0 Å². The molecule has 0 amide bonds. The van der Waals surface area contributed by atoms with Gasteiger partial charge in [0.2, 0.25) is 10.0 Å². The lowest BCUT2D eigenvalue weighted by Gasteiger charge is -2.39. The highest BCUT2D eigenvalue weighted by molar-refractivity contribution is 7.89. The van der Waals surface area contributed by atoms with Gasteiger partial charge < -0.3 is 9.47 Å². The molecule has 2 aromatic rings. The molecule has 0 saturated carbocycles. The number of esters is 1. The lowest BCUT2D eigenvalue weighted by atomic mass is 9.79. The highest BCUT2D eigenvalue weighted by atomic mass is 32.2. The fraction of sp³-hybridized carbons (Fsp3) is 0.409. The highest BCUT2D eigenvalue weighted by Gasteiger charge is 2.45. The van der Waals surface area contributed by atoms with Crippen LogP contribution in [0.3, 0.4) is 0 Å². The minimum Gasteiger partial charge on any atom is -0.465 e. The van der Waals surface area contributed by atoms with E-state index in [0.29, 0.717) is 19.4 Å². The molecule has 0 atom stereocenters. The Labute approximate surface area is 172 Å². The Balaban J connectivity index is 1.68. The SMILES string of the molecule is CCOC(=O)C1(COCc2ccccc2)CCN(S(=O)(=O)c2ccccc2)CC1. The number of ether oxygens (including phenoxy) is 2. The number of nitrogens with zero attached hydrogens (tertiary/aromatic N) is 1. The quantitative estimate of drug-likeness (QED) is 0.617. The standard InChI is InChI=1S/C22H27NO5S/c1-2-28-21(24)22(18-27-17-19-9-5-3-6-10-19)13-15-23(16-14-22)29(25,26)20-11-7-4-8-12-20/h3-12H,2,13-18H2,1H3. The molecular weight excluding hydrogens is 390 g/mol. The molecule has 0 N–H and O–H groups in total. The predicted molar refractivity (Wildman–Crippen MR) is 110 cm³/mol. The van der Waals surface area contributed by atoms with Crippen LogP contribution in [0.15, 0.2) is 65.6 Å². The Morgan fingerprint density at radius 3 is 2.17 bits per heavy atom. The van der Waals surface area contributed by atoms with E-state index in [0.717, 1.165) is 5.56 Å². The summed E-state index contributed by atoms with van der Waals surface area (Å²) in [6.45, 7) is 3.17. The number of hydrogen-bond donors (Lipinski definition) is 0. The van der Waals surface area contributed by atoms with Gasteiger partial charge >= 0.3 is 5.97 Å². The summed E-state index contributed by atoms with van der Waals surface area (Å²) < 4.78 is 38.4. The van der Waals surface area contributed by atoms with E-state index < -0.39 is 15.4 Å². The van der Waals surface area contributed by atoms with Gasteiger partial charge in [-0.15, -0.1) is 0 Å². The summed E-state index contributed by atoms with van der Waals surface area (Å²) in [5, 5.41) is 0. The van der Waals surface area contributed by atoms with Crippen LogP contribution in [0.5, 0.6) is 0 Å². The number of hydrogen-bond acceptors (Lipinski definition) is 5. The summed E-state index contributed by atoms with van der Waals surface area (Å²) in [5.41, 5.74) is 0.198. The number of benzene rings is 2. The molecular formula is C22H27NO5S. The van der Waals surface area contributed by atoms with Crippen molar-refractivity contribution >= 4 is 16.0 Å². The van der Waals surface area contributed by atoms with Crippen LogP contribution in [0, 0.1) is 5.41 Å². The monoisotopic (exact) mass is 417 g/mol. The summed E-state index contributed by atoms with van der Waals surface area (Å²) in [5.74, 6) is -0.315. The third-order valence-corrected chi connectivity index (χ3v) is 7.17. The maximum absolute atomic E-state index is 12.9. The second-order valence-corrected chi connectivity index (χ2v) is 9.13. The average molecular weight is 418 g/mol. The van der Waals surface area contributed by atoms with Gasteiger partial charge in [-0.25, -0.2) is 8.42 Å². The van der Waals surface area contributed by atoms with Crippen molar-refractivity contribution in [2.24, 2.45) is 5.41 Å². The molecule has 1 fully saturated rings. The van der Waals surface area contributed by atoms with Crippen molar-refractivity contribution in [3.63, 3.8) is 0 Å². The van der Waals surface area contributed by atoms with Gasteiger partial charge in [-0.3, -0.25) is 4.79 Å². The van der Waals surface area contributed by atoms with E-state index in [1.807, 2.05) is 30.3 Å². The van der Waals surface area contributed by atoms with Gasteiger partial charge in [-0.1, -0.05) is 48.5 Å². The maximum Gasteiger partial charge on any atom is 0.314 e. The summed E-state index contributed by atoms with van der Waals surface area (Å²) in [7, 11) is -3.57. The first-order valence-electron chi connectivity index (χ1n) is 9.82. The molecule has 6 nitrogen and oxygen atoms in total. The summed E-state index contributed by atoms with van der Waals surface area (Å²) >= 11 is 0. The predicted octanol–water partition coefficient (Wildman–Crippen LogP) is 3.24. The van der Waals surface area contributed by atoms with Gasteiger partial charge in [-0.2, -0.15) is 4.31 Å². The molecule has 0 aliphatic carbocycles. The highest BCUT2D eigenvalue weighted by Crippen LogP contribution is 2.35. The van der Waals surface area contributed by atoms with Crippen molar-refractivity contribution in [2.75, 3.05) is 26.3 Å². The van der Waals surface area contributed by atoms with Crippen LogP contribution in [0.25, 0.3) is 0 Å². The maximum atomic E-state index is 12.9. The summed E-state index contributed by atoms with van der Waals surface area (Å²) in [6, 6.07) is 18.1. The molecule has 1 aliphatic heterocycles. The molecule has 29 heavy (non-hydrogen) atoms. The van der Waals surface area contributed by atoms with Crippen LogP contribution >= 0.6 is 0 Å². The molecule has 0 radical (unpaired) electrons. The second-order valence-electron chi connectivity index (χ2n) is 7.20. The van der Waals surface area contributed by atoms with Gasteiger partial charge in [0, 0.05) is 13.1 Å². The van der Waals surface area contributed by atoms with Crippen molar-refractivity contribution < 1.29 is 22.7 Å². The van der Waals surface area contributed by atoms with Gasteiger partial charge in [0.05, 0.1) is 30.1 Å². The minimum atomic E-state index is -3.57. The van der Waals surface area contributed by atoms with E-state index in [2.05, 4.69) is 0 Å². The zero-order valence-electron chi connectivity index (χ0n) is 16.6. The first-order chi connectivity index (χ1) is 14.0. The summed E-state index contributed by atoms with van der Waals surface area (Å²) in [6.07, 6.45) is 0.735. The Bertz CT molecular complexity index is 891. The van der Waals surface area contributed by atoms with E-state index in [1.54, 1.807) is 37.3 Å². The molecule has 1 aliphatic rings. The largest absolute Gasteiger partial charge is 0.465 e. The third-order valence-electron chi connectivity index (χ3n) is 5.26. The molecule has 156 valence electrons. The van der Waals surface area contributed by atoms with Crippen LogP contribution < -0.4 is 0 Å². The molecule has 1 heterocycles. The molecule has 3 rings (SSSR count). The zero-order chi connectivity index (χ0) is 20.7. The molecule has 0 aromatic heterocycles. The van der Waals surface area contributed by atoms with Crippen molar-refractivity contribution in [2.45, 2.75) is 31.3 Å². The Morgan fingerprint density at radius 1 is 1.00 bits per heavy atom. The number of piperidine rings is 1. The topological polar surface area (TPSA) is 72.9 Å². The number of sulfonamides is 1. The van der Waals surface area contributed by atoms with Gasteiger partial charge in [0.15, 0.2) is 0 Å². The van der Waals surface area contributed by atoms with E-state index in [4.69, 9.17) is 9.47 Å². The van der Waals surface area contributed by atoms with Crippen LogP contribution in [0.1, 0.15) is 25.3 Å². The Morgan fingerprint density at radius 2 is 1.59 bits per heavy atom. The van der Waals surface area contributed by atoms with Crippen molar-refractivity contribution in [3.8, 4) is 0 Å². The molecule has 2 aromatic carbocycles. The number of carbonyl (C=O) groups excluding carboxylic acids is 1. The fourth-order valence-electron chi connectivity index (χ4n) is 3.53. The molecule has 0 bridgehead atoms. The van der Waals surface area contributed by atoms with E-state index >= 15 is 0 Å². The van der Waals surface area contributed by atoms with Crippen LogP contribution in [-0.2, 0) is 30.9 Å². The van der Waals surface area contributed by atoms with Crippen LogP contribution in [0.2, 0.25) is 0 Å². The molecule has 1 saturated heterocycles. The van der Waals surface area contributed by atoms with E-state index in [1.165, 1.54) is 4.31 Å². The lowest BCUT2D eigenvalue weighted by Crippen LogP contribution is -2.49. The Kier molecular flexibility index (Phi) is 7.05. The van der Waals surface area contributed by atoms with Gasteiger partial charge in [-0.05, 0) is 37.5 Å². The second kappa shape index (κ2) is 9.52. The molecule has 7 heteroatoms. The third kappa shape index (κ3) is 5.04. The van der Waals surface area contributed by atoms with E-state index in [-0.39, 0.29) is 37.2 Å². The number of carbonyl (C=O) groups is 1. The number of rotatable bonds is 8. The van der Waals surface area contributed by atoms with Crippen LogP contribution in [-0.4, -0.2) is 45.0 Å². The first kappa shape index (κ1) is 21.5.